The van der Waals surface area contributed by atoms with Gasteiger partial charge in [0.2, 0.25) is 0 Å². The molecule has 0 saturated carbocycles. The summed E-state index contributed by atoms with van der Waals surface area (Å²) in [6.45, 7) is 0.257. The summed E-state index contributed by atoms with van der Waals surface area (Å²) in [5, 5.41) is 13.6. The van der Waals surface area contributed by atoms with Gasteiger partial charge in [-0.1, -0.05) is 41.9 Å². The maximum absolute atomic E-state index is 13.3. The number of benzene rings is 2. The van der Waals surface area contributed by atoms with Crippen LogP contribution in [-0.4, -0.2) is 11.5 Å². The van der Waals surface area contributed by atoms with E-state index in [1.165, 1.54) is 6.07 Å². The number of nitrogens with one attached hydrogen (secondary N) is 1. The first-order chi connectivity index (χ1) is 9.99. The second-order valence-electron chi connectivity index (χ2n) is 4.44. The van der Waals surface area contributed by atoms with Crippen LogP contribution in [0.2, 0.25) is 5.02 Å². The van der Waals surface area contributed by atoms with Crippen molar-refractivity contribution in [3.8, 4) is 0 Å². The van der Waals surface area contributed by atoms with Crippen molar-refractivity contribution in [2.24, 2.45) is 5.73 Å². The Labute approximate surface area is 125 Å². The topological polar surface area (TPSA) is 81.2 Å². The zero-order valence-electron chi connectivity index (χ0n) is 10.9. The molecule has 0 heterocycles. The molecule has 2 aromatic carbocycles. The van der Waals surface area contributed by atoms with E-state index < -0.39 is 10.7 Å². The Morgan fingerprint density at radius 2 is 2.00 bits per heavy atom. The van der Waals surface area contributed by atoms with Crippen molar-refractivity contribution in [2.75, 3.05) is 11.9 Å². The molecule has 0 fully saturated rings. The van der Waals surface area contributed by atoms with Gasteiger partial charge in [-0.3, -0.25) is 10.1 Å². The highest BCUT2D eigenvalue weighted by molar-refractivity contribution is 6.31. The van der Waals surface area contributed by atoms with Gasteiger partial charge in [0.05, 0.1) is 16.0 Å². The fourth-order valence-electron chi connectivity index (χ4n) is 1.87. The summed E-state index contributed by atoms with van der Waals surface area (Å²) in [5.74, 6) is -0.832. The lowest BCUT2D eigenvalue weighted by atomic mass is 10.1. The Hall–Kier alpha value is -2.18. The highest BCUT2D eigenvalue weighted by Gasteiger charge is 2.18. The Morgan fingerprint density at radius 1 is 1.33 bits per heavy atom. The molecule has 0 aliphatic carbocycles. The highest BCUT2D eigenvalue weighted by atomic mass is 35.5. The Morgan fingerprint density at radius 3 is 2.62 bits per heavy atom. The molecule has 5 nitrogen and oxygen atoms in total. The third kappa shape index (κ3) is 3.68. The summed E-state index contributed by atoms with van der Waals surface area (Å²) in [6, 6.07) is 10.9. The third-order valence-corrected chi connectivity index (χ3v) is 3.27. The van der Waals surface area contributed by atoms with Crippen LogP contribution in [0.3, 0.4) is 0 Å². The molecule has 2 rings (SSSR count). The van der Waals surface area contributed by atoms with Crippen molar-refractivity contribution in [1.82, 2.24) is 0 Å². The van der Waals surface area contributed by atoms with E-state index in [0.29, 0.717) is 0 Å². The number of hydrogen-bond donors (Lipinski definition) is 2. The zero-order chi connectivity index (χ0) is 15.4. The van der Waals surface area contributed by atoms with Crippen LogP contribution in [0, 0.1) is 15.9 Å². The van der Waals surface area contributed by atoms with Gasteiger partial charge in [-0.15, -0.1) is 0 Å². The van der Waals surface area contributed by atoms with Crippen molar-refractivity contribution in [2.45, 2.75) is 6.04 Å². The number of rotatable bonds is 5. The van der Waals surface area contributed by atoms with Gasteiger partial charge in [-0.05, 0) is 11.6 Å². The second-order valence-corrected chi connectivity index (χ2v) is 4.85. The van der Waals surface area contributed by atoms with Crippen LogP contribution in [0.25, 0.3) is 0 Å². The van der Waals surface area contributed by atoms with Crippen LogP contribution in [0.5, 0.6) is 0 Å². The fourth-order valence-corrected chi connectivity index (χ4v) is 2.03. The summed E-state index contributed by atoms with van der Waals surface area (Å²) in [7, 11) is 0. The number of nitrogens with two attached hydrogens (primary N) is 1. The van der Waals surface area contributed by atoms with E-state index in [4.69, 9.17) is 17.3 Å². The summed E-state index contributed by atoms with van der Waals surface area (Å²) < 4.78 is 13.3. The van der Waals surface area contributed by atoms with Crippen molar-refractivity contribution in [1.29, 1.82) is 0 Å². The van der Waals surface area contributed by atoms with E-state index >= 15 is 0 Å². The largest absolute Gasteiger partial charge is 0.378 e. The maximum atomic E-state index is 13.3. The lowest BCUT2D eigenvalue weighted by Crippen LogP contribution is -2.20. The molecule has 1 atom stereocenters. The quantitative estimate of drug-likeness (QED) is 0.654. The first-order valence-corrected chi connectivity index (χ1v) is 6.54. The number of anilines is 1. The van der Waals surface area contributed by atoms with Crippen LogP contribution >= 0.6 is 11.6 Å². The summed E-state index contributed by atoms with van der Waals surface area (Å²) >= 11 is 5.65. The van der Waals surface area contributed by atoms with Crippen molar-refractivity contribution >= 4 is 23.0 Å². The molecule has 0 aliphatic heterocycles. The first kappa shape index (κ1) is 15.2. The van der Waals surface area contributed by atoms with E-state index in [2.05, 4.69) is 5.32 Å². The van der Waals surface area contributed by atoms with Gasteiger partial charge in [-0.2, -0.15) is 0 Å². The van der Waals surface area contributed by atoms with E-state index in [1.807, 2.05) is 30.3 Å². The maximum Gasteiger partial charge on any atom is 0.295 e. The molecule has 0 spiro atoms. The lowest BCUT2D eigenvalue weighted by molar-refractivity contribution is -0.384. The zero-order valence-corrected chi connectivity index (χ0v) is 11.7. The van der Waals surface area contributed by atoms with Crippen molar-refractivity contribution in [3.63, 3.8) is 0 Å². The average Bonchev–Trinajstić information content (AvgIpc) is 2.48. The van der Waals surface area contributed by atoms with Crippen LogP contribution < -0.4 is 11.1 Å². The normalized spacial score (nSPS) is 12.0. The fraction of sp³-hybridized carbons (Fsp3) is 0.143. The highest BCUT2D eigenvalue weighted by Crippen LogP contribution is 2.30. The average molecular weight is 310 g/mol. The molecule has 3 N–H and O–H groups in total. The predicted octanol–water partition coefficient (Wildman–Crippen LogP) is 3.50. The van der Waals surface area contributed by atoms with Gasteiger partial charge in [0.25, 0.3) is 5.69 Å². The van der Waals surface area contributed by atoms with Gasteiger partial charge < -0.3 is 11.1 Å². The van der Waals surface area contributed by atoms with Gasteiger partial charge in [0.1, 0.15) is 11.5 Å². The molecule has 0 radical (unpaired) electrons. The summed E-state index contributed by atoms with van der Waals surface area (Å²) in [6.07, 6.45) is 0. The van der Waals surface area contributed by atoms with Gasteiger partial charge in [0.15, 0.2) is 0 Å². The molecule has 2 aromatic rings. The Bertz CT molecular complexity index is 652. The minimum atomic E-state index is -0.832. The van der Waals surface area contributed by atoms with Crippen LogP contribution in [0.15, 0.2) is 42.5 Å². The van der Waals surface area contributed by atoms with E-state index in [9.17, 15) is 14.5 Å². The monoisotopic (exact) mass is 309 g/mol. The molecule has 1 unspecified atom stereocenters. The minimum Gasteiger partial charge on any atom is -0.378 e. The van der Waals surface area contributed by atoms with Crippen molar-refractivity contribution < 1.29 is 9.31 Å². The molecular formula is C14H13ClFN3O2. The molecule has 0 saturated heterocycles. The second kappa shape index (κ2) is 6.51. The summed E-state index contributed by atoms with van der Waals surface area (Å²) in [4.78, 5) is 10.3. The van der Waals surface area contributed by atoms with E-state index in [0.717, 1.165) is 11.6 Å². The van der Waals surface area contributed by atoms with Crippen molar-refractivity contribution in [3.05, 3.63) is 69.0 Å². The van der Waals surface area contributed by atoms with Crippen LogP contribution in [0.1, 0.15) is 11.6 Å². The number of halogens is 2. The van der Waals surface area contributed by atoms with Gasteiger partial charge in [-0.25, -0.2) is 4.39 Å². The van der Waals surface area contributed by atoms with E-state index in [-0.39, 0.29) is 29.0 Å². The van der Waals surface area contributed by atoms with Gasteiger partial charge >= 0.3 is 0 Å². The molecule has 0 aliphatic rings. The molecule has 0 aromatic heterocycles. The molecular weight excluding hydrogens is 297 g/mol. The molecule has 0 amide bonds. The number of nitro groups is 1. The number of nitro benzene ring substituents is 1. The van der Waals surface area contributed by atoms with Gasteiger partial charge in [0, 0.05) is 12.6 Å². The number of nitrogens with zero attached hydrogens (tertiary/aromatic N) is 1. The smallest absolute Gasteiger partial charge is 0.295 e. The molecule has 0 bridgehead atoms. The Balaban J connectivity index is 2.16. The predicted molar refractivity (Wildman–Crippen MR) is 79.9 cm³/mol. The molecule has 7 heteroatoms. The van der Waals surface area contributed by atoms with Crippen LogP contribution in [0.4, 0.5) is 15.8 Å². The summed E-state index contributed by atoms with van der Waals surface area (Å²) in [5.41, 5.74) is 6.65. The molecule has 110 valence electrons. The Kier molecular flexibility index (Phi) is 4.72. The van der Waals surface area contributed by atoms with Crippen LogP contribution in [-0.2, 0) is 0 Å². The number of hydrogen-bond acceptors (Lipinski definition) is 4. The minimum absolute atomic E-state index is 0.137. The lowest BCUT2D eigenvalue weighted by Gasteiger charge is -2.14. The third-order valence-electron chi connectivity index (χ3n) is 2.98. The standard InChI is InChI=1S/C14H13ClFN3O2/c15-10-6-13(14(19(20)21)7-11(10)16)18-8-12(17)9-4-2-1-3-5-9/h1-7,12,18H,8,17H2. The SMILES string of the molecule is NC(CNc1cc(Cl)c(F)cc1[N+](=O)[O-])c1ccccc1. The molecule has 21 heavy (non-hydrogen) atoms. The first-order valence-electron chi connectivity index (χ1n) is 6.17. The van der Waals surface area contributed by atoms with E-state index in [1.54, 1.807) is 0 Å².